The molecule has 4 heteroatoms. The fourth-order valence-corrected chi connectivity index (χ4v) is 0.979. The van der Waals surface area contributed by atoms with Gasteiger partial charge in [-0.15, -0.1) is 0 Å². The van der Waals surface area contributed by atoms with Crippen LogP contribution in [0.2, 0.25) is 5.02 Å². The Morgan fingerprint density at radius 3 is 2.58 bits per heavy atom. The molecule has 0 aliphatic heterocycles. The lowest BCUT2D eigenvalue weighted by Gasteiger charge is -1.97. The Morgan fingerprint density at radius 2 is 2.08 bits per heavy atom. The average molecular weight is 189 g/mol. The molecule has 12 heavy (non-hydrogen) atoms. The molecular formula is C8H6ClFO2. The second-order valence-electron chi connectivity index (χ2n) is 2.17. The Balaban J connectivity index is 3.10. The Hall–Kier alpha value is -1.22. The normalized spacial score (nSPS) is 9.50. The van der Waals surface area contributed by atoms with Crippen molar-refractivity contribution in [1.82, 2.24) is 0 Å². The van der Waals surface area contributed by atoms with Gasteiger partial charge in [-0.05, 0) is 12.1 Å². The SMILES string of the molecule is OC(O)=Cc1ccc(F)cc1Cl. The molecule has 0 unspecified atom stereocenters. The number of hydrogen-bond acceptors (Lipinski definition) is 2. The van der Waals surface area contributed by atoms with E-state index in [4.69, 9.17) is 21.8 Å². The number of aliphatic hydroxyl groups excluding tert-OH is 1. The van der Waals surface area contributed by atoms with Gasteiger partial charge in [0.25, 0.3) is 5.95 Å². The second kappa shape index (κ2) is 3.45. The molecule has 1 rings (SSSR count). The molecule has 2 N–H and O–H groups in total. The van der Waals surface area contributed by atoms with E-state index in [-0.39, 0.29) is 5.02 Å². The van der Waals surface area contributed by atoms with Crippen molar-refractivity contribution in [2.24, 2.45) is 0 Å². The highest BCUT2D eigenvalue weighted by Crippen LogP contribution is 2.18. The molecule has 0 saturated heterocycles. The van der Waals surface area contributed by atoms with Crippen LogP contribution in [0.25, 0.3) is 6.08 Å². The second-order valence-corrected chi connectivity index (χ2v) is 2.58. The van der Waals surface area contributed by atoms with E-state index in [1.807, 2.05) is 0 Å². The lowest BCUT2D eigenvalue weighted by molar-refractivity contribution is 0.197. The Kier molecular flexibility index (Phi) is 2.55. The van der Waals surface area contributed by atoms with Crippen LogP contribution >= 0.6 is 11.6 Å². The quantitative estimate of drug-likeness (QED) is 0.666. The minimum absolute atomic E-state index is 0.135. The van der Waals surface area contributed by atoms with Gasteiger partial charge in [0.15, 0.2) is 0 Å². The molecule has 0 amide bonds. The van der Waals surface area contributed by atoms with Crippen molar-refractivity contribution in [2.75, 3.05) is 0 Å². The van der Waals surface area contributed by atoms with Crippen molar-refractivity contribution in [2.45, 2.75) is 0 Å². The maximum Gasteiger partial charge on any atom is 0.274 e. The molecule has 0 radical (unpaired) electrons. The van der Waals surface area contributed by atoms with Crippen LogP contribution < -0.4 is 0 Å². The lowest BCUT2D eigenvalue weighted by atomic mass is 10.2. The molecule has 0 saturated carbocycles. The van der Waals surface area contributed by atoms with Crippen LogP contribution in [0, 0.1) is 5.82 Å². The first-order valence-electron chi connectivity index (χ1n) is 3.14. The van der Waals surface area contributed by atoms with Gasteiger partial charge in [0.05, 0.1) is 5.02 Å². The molecule has 0 aliphatic carbocycles. The van der Waals surface area contributed by atoms with Crippen LogP contribution in [0.5, 0.6) is 0 Å². The molecule has 0 aromatic heterocycles. The Labute approximate surface area is 73.5 Å². The van der Waals surface area contributed by atoms with Crippen molar-refractivity contribution in [3.63, 3.8) is 0 Å². The number of halogens is 2. The lowest BCUT2D eigenvalue weighted by Crippen LogP contribution is -1.81. The van der Waals surface area contributed by atoms with Crippen molar-refractivity contribution in [3.8, 4) is 0 Å². The Morgan fingerprint density at radius 1 is 1.42 bits per heavy atom. The number of rotatable bonds is 1. The zero-order valence-electron chi connectivity index (χ0n) is 5.96. The van der Waals surface area contributed by atoms with Gasteiger partial charge < -0.3 is 10.2 Å². The van der Waals surface area contributed by atoms with E-state index in [1.165, 1.54) is 12.1 Å². The summed E-state index contributed by atoms with van der Waals surface area (Å²) in [6, 6.07) is 3.63. The summed E-state index contributed by atoms with van der Waals surface area (Å²) < 4.78 is 12.5. The summed E-state index contributed by atoms with van der Waals surface area (Å²) in [4.78, 5) is 0. The van der Waals surface area contributed by atoms with Crippen molar-refractivity contribution in [3.05, 3.63) is 40.5 Å². The van der Waals surface area contributed by atoms with Crippen LogP contribution in [0.3, 0.4) is 0 Å². The summed E-state index contributed by atoms with van der Waals surface area (Å²) in [7, 11) is 0. The molecule has 0 heterocycles. The maximum absolute atomic E-state index is 12.5. The fourth-order valence-electron chi connectivity index (χ4n) is 0.758. The smallest absolute Gasteiger partial charge is 0.274 e. The summed E-state index contributed by atoms with van der Waals surface area (Å²) >= 11 is 5.57. The monoisotopic (exact) mass is 188 g/mol. The van der Waals surface area contributed by atoms with Crippen LogP contribution in [0.4, 0.5) is 4.39 Å². The molecule has 1 aromatic rings. The minimum atomic E-state index is -0.858. The van der Waals surface area contributed by atoms with Crippen LogP contribution in [0.15, 0.2) is 24.1 Å². The third-order valence-corrected chi connectivity index (χ3v) is 1.57. The molecule has 0 spiro atoms. The fraction of sp³-hybridized carbons (Fsp3) is 0. The maximum atomic E-state index is 12.5. The summed E-state index contributed by atoms with van der Waals surface area (Å²) in [6.45, 7) is 0. The van der Waals surface area contributed by atoms with Crippen molar-refractivity contribution in [1.29, 1.82) is 0 Å². The van der Waals surface area contributed by atoms with Gasteiger partial charge in [-0.2, -0.15) is 0 Å². The van der Waals surface area contributed by atoms with Crippen LogP contribution in [-0.2, 0) is 0 Å². The molecule has 0 bridgehead atoms. The molecule has 0 atom stereocenters. The van der Waals surface area contributed by atoms with E-state index >= 15 is 0 Å². The van der Waals surface area contributed by atoms with Gasteiger partial charge in [0, 0.05) is 11.6 Å². The van der Waals surface area contributed by atoms with E-state index in [9.17, 15) is 4.39 Å². The highest BCUT2D eigenvalue weighted by atomic mass is 35.5. The van der Waals surface area contributed by atoms with Crippen molar-refractivity contribution >= 4 is 17.7 Å². The van der Waals surface area contributed by atoms with Gasteiger partial charge >= 0.3 is 0 Å². The number of aliphatic hydroxyl groups is 2. The third kappa shape index (κ3) is 2.13. The third-order valence-electron chi connectivity index (χ3n) is 1.25. The average Bonchev–Trinajstić information content (AvgIpc) is 1.94. The Bertz CT molecular complexity index is 319. The first kappa shape index (κ1) is 8.87. The standard InChI is InChI=1S/C8H6ClFO2/c9-7-4-6(10)2-1-5(7)3-8(11)12/h1-4,11-12H. The van der Waals surface area contributed by atoms with Gasteiger partial charge in [0.1, 0.15) is 5.82 Å². The van der Waals surface area contributed by atoms with E-state index < -0.39 is 11.8 Å². The van der Waals surface area contributed by atoms with E-state index in [1.54, 1.807) is 0 Å². The van der Waals surface area contributed by atoms with E-state index in [0.717, 1.165) is 12.1 Å². The van der Waals surface area contributed by atoms with Gasteiger partial charge in [-0.1, -0.05) is 17.7 Å². The predicted molar refractivity (Wildman–Crippen MR) is 44.6 cm³/mol. The first-order valence-corrected chi connectivity index (χ1v) is 3.52. The summed E-state index contributed by atoms with van der Waals surface area (Å²) in [5.41, 5.74) is 0.359. The summed E-state index contributed by atoms with van der Waals surface area (Å²) in [6.07, 6.45) is 1.03. The van der Waals surface area contributed by atoms with Gasteiger partial charge in [-0.3, -0.25) is 0 Å². The van der Waals surface area contributed by atoms with Crippen molar-refractivity contribution < 1.29 is 14.6 Å². The topological polar surface area (TPSA) is 40.5 Å². The van der Waals surface area contributed by atoms with E-state index in [2.05, 4.69) is 0 Å². The number of benzene rings is 1. The predicted octanol–water partition coefficient (Wildman–Crippen LogP) is 2.89. The first-order chi connectivity index (χ1) is 5.59. The summed E-state index contributed by atoms with van der Waals surface area (Å²) in [5.74, 6) is -1.32. The van der Waals surface area contributed by atoms with Gasteiger partial charge in [-0.25, -0.2) is 4.39 Å². The molecule has 0 fully saturated rings. The van der Waals surface area contributed by atoms with Crippen LogP contribution in [-0.4, -0.2) is 10.2 Å². The van der Waals surface area contributed by atoms with Gasteiger partial charge in [0.2, 0.25) is 0 Å². The highest BCUT2D eigenvalue weighted by molar-refractivity contribution is 6.32. The molecule has 2 nitrogen and oxygen atoms in total. The highest BCUT2D eigenvalue weighted by Gasteiger charge is 1.99. The molecule has 1 aromatic carbocycles. The minimum Gasteiger partial charge on any atom is -0.481 e. The van der Waals surface area contributed by atoms with E-state index in [0.29, 0.717) is 5.56 Å². The summed E-state index contributed by atoms with van der Waals surface area (Å²) in [5, 5.41) is 17.1. The number of hydrogen-bond donors (Lipinski definition) is 2. The zero-order valence-corrected chi connectivity index (χ0v) is 6.72. The molecule has 0 aliphatic rings. The molecular weight excluding hydrogens is 183 g/mol. The van der Waals surface area contributed by atoms with Crippen LogP contribution in [0.1, 0.15) is 5.56 Å². The molecule has 64 valence electrons. The zero-order chi connectivity index (χ0) is 9.14. The largest absolute Gasteiger partial charge is 0.481 e.